The third kappa shape index (κ3) is 3.04. The lowest BCUT2D eigenvalue weighted by Crippen LogP contribution is -2.43. The summed E-state index contributed by atoms with van der Waals surface area (Å²) >= 11 is 0. The number of aromatic nitrogens is 3. The summed E-state index contributed by atoms with van der Waals surface area (Å²) in [6.07, 6.45) is 5.59. The third-order valence-corrected chi connectivity index (χ3v) is 4.04. The normalized spacial score (nSPS) is 19.5. The number of hydrogen-bond donors (Lipinski definition) is 2. The summed E-state index contributed by atoms with van der Waals surface area (Å²) in [5.41, 5.74) is 1.65. The van der Waals surface area contributed by atoms with Gasteiger partial charge in [0.05, 0.1) is 24.5 Å². The van der Waals surface area contributed by atoms with Crippen molar-refractivity contribution >= 4 is 11.7 Å². The lowest BCUT2D eigenvalue weighted by molar-refractivity contribution is 0.138. The fraction of sp³-hybridized carbons (Fsp3) is 0.533. The van der Waals surface area contributed by atoms with E-state index in [1.807, 2.05) is 17.0 Å². The summed E-state index contributed by atoms with van der Waals surface area (Å²) in [5, 5.41) is 16.7. The molecule has 0 bridgehead atoms. The van der Waals surface area contributed by atoms with Gasteiger partial charge in [-0.2, -0.15) is 5.10 Å². The largest absolute Gasteiger partial charge is 0.393 e. The molecule has 3 heterocycles. The van der Waals surface area contributed by atoms with Gasteiger partial charge in [-0.3, -0.25) is 0 Å². The number of carbonyl (C=O) groups excluding carboxylic acids is 1. The van der Waals surface area contributed by atoms with Crippen LogP contribution in [0.15, 0.2) is 24.5 Å². The Balaban J connectivity index is 1.63. The van der Waals surface area contributed by atoms with Crippen molar-refractivity contribution in [3.05, 3.63) is 30.2 Å². The minimum atomic E-state index is -0.387. The second-order valence-corrected chi connectivity index (χ2v) is 5.77. The molecule has 0 spiro atoms. The molecule has 2 aromatic heterocycles. The number of nitrogens with zero attached hydrogens (tertiary/aromatic N) is 4. The number of likely N-dealkylation sites (tertiary alicyclic amines) is 1. The maximum absolute atomic E-state index is 12.4. The van der Waals surface area contributed by atoms with Crippen LogP contribution in [-0.2, 0) is 6.54 Å². The monoisotopic (exact) mass is 303 g/mol. The van der Waals surface area contributed by atoms with Crippen molar-refractivity contribution in [1.29, 1.82) is 0 Å². The number of rotatable bonds is 4. The molecule has 1 fully saturated rings. The first kappa shape index (κ1) is 14.8. The van der Waals surface area contributed by atoms with Crippen molar-refractivity contribution in [3.63, 3.8) is 0 Å². The number of aliphatic hydroxyl groups is 1. The van der Waals surface area contributed by atoms with Crippen LogP contribution in [-0.4, -0.2) is 49.3 Å². The first-order valence-corrected chi connectivity index (χ1v) is 7.65. The highest BCUT2D eigenvalue weighted by Gasteiger charge is 2.29. The number of amides is 2. The highest BCUT2D eigenvalue weighted by molar-refractivity contribution is 5.74. The highest BCUT2D eigenvalue weighted by atomic mass is 16.3. The summed E-state index contributed by atoms with van der Waals surface area (Å²) in [4.78, 5) is 18.4. The molecule has 22 heavy (non-hydrogen) atoms. The van der Waals surface area contributed by atoms with E-state index in [9.17, 15) is 9.90 Å². The van der Waals surface area contributed by atoms with Crippen LogP contribution in [0.4, 0.5) is 4.79 Å². The van der Waals surface area contributed by atoms with E-state index in [0.29, 0.717) is 13.0 Å². The summed E-state index contributed by atoms with van der Waals surface area (Å²) in [7, 11) is 0. The number of fused-ring (bicyclic) bond motifs is 1. The molecule has 2 amide bonds. The molecule has 1 aliphatic heterocycles. The zero-order chi connectivity index (χ0) is 15.5. The maximum Gasteiger partial charge on any atom is 0.317 e. The first-order valence-electron chi connectivity index (χ1n) is 7.65. The Morgan fingerprint density at radius 3 is 3.18 bits per heavy atom. The topological polar surface area (TPSA) is 82.8 Å². The Hall–Kier alpha value is -2.15. The van der Waals surface area contributed by atoms with Crippen molar-refractivity contribution in [2.24, 2.45) is 0 Å². The highest BCUT2D eigenvalue weighted by Crippen LogP contribution is 2.21. The van der Waals surface area contributed by atoms with Gasteiger partial charge in [0.15, 0.2) is 5.65 Å². The second kappa shape index (κ2) is 6.31. The van der Waals surface area contributed by atoms with E-state index < -0.39 is 0 Å². The molecular weight excluding hydrogens is 282 g/mol. The molecule has 1 saturated heterocycles. The van der Waals surface area contributed by atoms with Crippen molar-refractivity contribution < 1.29 is 9.90 Å². The van der Waals surface area contributed by atoms with Crippen LogP contribution in [0, 0.1) is 0 Å². The van der Waals surface area contributed by atoms with Crippen LogP contribution in [0.25, 0.3) is 5.65 Å². The van der Waals surface area contributed by atoms with Crippen molar-refractivity contribution in [3.8, 4) is 0 Å². The molecule has 2 N–H and O–H groups in total. The van der Waals surface area contributed by atoms with Crippen LogP contribution >= 0.6 is 0 Å². The molecule has 0 radical (unpaired) electrons. The summed E-state index contributed by atoms with van der Waals surface area (Å²) in [6, 6.07) is 3.71. The van der Waals surface area contributed by atoms with E-state index in [1.165, 1.54) is 0 Å². The van der Waals surface area contributed by atoms with Gasteiger partial charge >= 0.3 is 6.03 Å². The number of carbonyl (C=O) groups is 1. The molecular formula is C15H21N5O2. The molecule has 1 aliphatic rings. The molecule has 7 nitrogen and oxygen atoms in total. The van der Waals surface area contributed by atoms with Gasteiger partial charge < -0.3 is 15.3 Å². The molecule has 3 rings (SSSR count). The van der Waals surface area contributed by atoms with E-state index in [1.54, 1.807) is 23.8 Å². The smallest absolute Gasteiger partial charge is 0.317 e. The number of nitrogens with one attached hydrogen (secondary N) is 1. The molecule has 2 unspecified atom stereocenters. The van der Waals surface area contributed by atoms with Crippen molar-refractivity contribution in [2.75, 3.05) is 6.54 Å². The quantitative estimate of drug-likeness (QED) is 0.888. The minimum absolute atomic E-state index is 0.0831. The zero-order valence-electron chi connectivity index (χ0n) is 12.6. The number of aliphatic hydroxyl groups excluding tert-OH is 1. The lowest BCUT2D eigenvalue weighted by atomic mass is 10.1. The van der Waals surface area contributed by atoms with Gasteiger partial charge in [0.25, 0.3) is 0 Å². The van der Waals surface area contributed by atoms with Gasteiger partial charge in [0, 0.05) is 24.8 Å². The van der Waals surface area contributed by atoms with E-state index in [4.69, 9.17) is 0 Å². The molecule has 2 atom stereocenters. The standard InChI is InChI=1S/C15H21N5O2/c1-11(21)9-12-3-2-8-19(12)15(22)17-10-13-4-6-16-14-5-7-18-20(13)14/h4-7,11-12,21H,2-3,8-10H2,1H3,(H,17,22). The van der Waals surface area contributed by atoms with Crippen LogP contribution < -0.4 is 5.32 Å². The molecule has 0 saturated carbocycles. The third-order valence-electron chi connectivity index (χ3n) is 4.04. The number of urea groups is 1. The Bertz CT molecular complexity index is 654. The Morgan fingerprint density at radius 1 is 1.50 bits per heavy atom. The molecule has 0 aromatic carbocycles. The fourth-order valence-electron chi connectivity index (χ4n) is 3.03. The lowest BCUT2D eigenvalue weighted by Gasteiger charge is -2.26. The Kier molecular flexibility index (Phi) is 4.24. The summed E-state index contributed by atoms with van der Waals surface area (Å²) in [5.74, 6) is 0. The zero-order valence-corrected chi connectivity index (χ0v) is 12.6. The van der Waals surface area contributed by atoms with Gasteiger partial charge in [0.1, 0.15) is 0 Å². The second-order valence-electron chi connectivity index (χ2n) is 5.77. The van der Waals surface area contributed by atoms with E-state index >= 15 is 0 Å². The predicted molar refractivity (Wildman–Crippen MR) is 81.2 cm³/mol. The van der Waals surface area contributed by atoms with Gasteiger partial charge in [-0.05, 0) is 32.3 Å². The van der Waals surface area contributed by atoms with Gasteiger partial charge in [0.2, 0.25) is 0 Å². The van der Waals surface area contributed by atoms with E-state index in [0.717, 1.165) is 30.7 Å². The van der Waals surface area contributed by atoms with Gasteiger partial charge in [-0.15, -0.1) is 0 Å². The maximum atomic E-state index is 12.4. The van der Waals surface area contributed by atoms with E-state index in [-0.39, 0.29) is 18.2 Å². The van der Waals surface area contributed by atoms with Gasteiger partial charge in [-0.25, -0.2) is 14.3 Å². The summed E-state index contributed by atoms with van der Waals surface area (Å²) in [6.45, 7) is 2.91. The molecule has 2 aromatic rings. The van der Waals surface area contributed by atoms with E-state index in [2.05, 4.69) is 15.4 Å². The minimum Gasteiger partial charge on any atom is -0.393 e. The van der Waals surface area contributed by atoms with Crippen molar-refractivity contribution in [2.45, 2.75) is 44.9 Å². The first-order chi connectivity index (χ1) is 10.6. The average molecular weight is 303 g/mol. The van der Waals surface area contributed by atoms with Crippen LogP contribution in [0.5, 0.6) is 0 Å². The SMILES string of the molecule is CC(O)CC1CCCN1C(=O)NCc1ccnc2ccnn12. The average Bonchev–Trinajstić information content (AvgIpc) is 3.12. The van der Waals surface area contributed by atoms with Crippen LogP contribution in [0.2, 0.25) is 0 Å². The van der Waals surface area contributed by atoms with Crippen molar-refractivity contribution in [1.82, 2.24) is 24.8 Å². The van der Waals surface area contributed by atoms with Crippen LogP contribution in [0.1, 0.15) is 31.9 Å². The Morgan fingerprint density at radius 2 is 2.36 bits per heavy atom. The Labute approximate surface area is 129 Å². The molecule has 118 valence electrons. The number of hydrogen-bond acceptors (Lipinski definition) is 4. The predicted octanol–water partition coefficient (Wildman–Crippen LogP) is 1.17. The molecule has 7 heteroatoms. The van der Waals surface area contributed by atoms with Gasteiger partial charge in [-0.1, -0.05) is 0 Å². The molecule has 0 aliphatic carbocycles. The summed E-state index contributed by atoms with van der Waals surface area (Å²) < 4.78 is 1.72. The fourth-order valence-corrected chi connectivity index (χ4v) is 3.03. The van der Waals surface area contributed by atoms with Crippen LogP contribution in [0.3, 0.4) is 0 Å².